The largest absolute Gasteiger partial charge is 0.291 e. The second-order valence-electron chi connectivity index (χ2n) is 4.71. The maximum absolute atomic E-state index is 2.45. The summed E-state index contributed by atoms with van der Waals surface area (Å²) in [5, 5.41) is 0. The number of hydrogen-bond donors (Lipinski definition) is 0. The average molecular weight is 251 g/mol. The molecule has 0 fully saturated rings. The summed E-state index contributed by atoms with van der Waals surface area (Å²) >= 11 is 0. The second-order valence-corrected chi connectivity index (χ2v) is 4.71. The number of nitrogens with zero attached hydrogens (tertiary/aromatic N) is 1. The SMILES string of the molecule is CC=CCN(Cc1ccccc1)Cc1ccccc1. The molecule has 19 heavy (non-hydrogen) atoms. The molecule has 1 nitrogen and oxygen atoms in total. The van der Waals surface area contributed by atoms with Gasteiger partial charge >= 0.3 is 0 Å². The van der Waals surface area contributed by atoms with Crippen LogP contribution in [-0.2, 0) is 13.1 Å². The van der Waals surface area contributed by atoms with Crippen LogP contribution in [0.5, 0.6) is 0 Å². The molecule has 0 unspecified atom stereocenters. The van der Waals surface area contributed by atoms with E-state index in [2.05, 4.69) is 84.6 Å². The van der Waals surface area contributed by atoms with Gasteiger partial charge in [0.15, 0.2) is 0 Å². The molecule has 0 aliphatic heterocycles. The van der Waals surface area contributed by atoms with Crippen molar-refractivity contribution in [2.45, 2.75) is 20.0 Å². The van der Waals surface area contributed by atoms with E-state index in [4.69, 9.17) is 0 Å². The van der Waals surface area contributed by atoms with Crippen molar-refractivity contribution in [3.8, 4) is 0 Å². The average Bonchev–Trinajstić information content (AvgIpc) is 2.47. The molecular formula is C18H21N. The van der Waals surface area contributed by atoms with Crippen LogP contribution < -0.4 is 0 Å². The maximum atomic E-state index is 2.45. The normalized spacial score (nSPS) is 11.3. The van der Waals surface area contributed by atoms with Crippen molar-refractivity contribution in [2.75, 3.05) is 6.54 Å². The van der Waals surface area contributed by atoms with Gasteiger partial charge < -0.3 is 0 Å². The molecule has 0 aliphatic rings. The minimum Gasteiger partial charge on any atom is -0.291 e. The van der Waals surface area contributed by atoms with Crippen LogP contribution in [0.3, 0.4) is 0 Å². The Morgan fingerprint density at radius 3 is 1.68 bits per heavy atom. The molecule has 0 aromatic heterocycles. The van der Waals surface area contributed by atoms with Crippen molar-refractivity contribution < 1.29 is 0 Å². The number of rotatable bonds is 6. The van der Waals surface area contributed by atoms with E-state index in [1.165, 1.54) is 11.1 Å². The summed E-state index contributed by atoms with van der Waals surface area (Å²) in [7, 11) is 0. The standard InChI is InChI=1S/C18H21N/c1-2-3-14-19(15-17-10-6-4-7-11-17)16-18-12-8-5-9-13-18/h2-13H,14-16H2,1H3. The lowest BCUT2D eigenvalue weighted by atomic mass is 10.1. The Morgan fingerprint density at radius 2 is 1.26 bits per heavy atom. The molecule has 0 aliphatic carbocycles. The Balaban J connectivity index is 2.03. The van der Waals surface area contributed by atoms with Crippen LogP contribution in [0.4, 0.5) is 0 Å². The zero-order valence-corrected chi connectivity index (χ0v) is 11.5. The Morgan fingerprint density at radius 1 is 0.789 bits per heavy atom. The Bertz CT molecular complexity index is 446. The monoisotopic (exact) mass is 251 g/mol. The van der Waals surface area contributed by atoms with Crippen LogP contribution in [0.2, 0.25) is 0 Å². The van der Waals surface area contributed by atoms with E-state index in [1.807, 2.05) is 0 Å². The molecule has 98 valence electrons. The predicted octanol–water partition coefficient (Wildman–Crippen LogP) is 4.26. The highest BCUT2D eigenvalue weighted by Gasteiger charge is 2.05. The fourth-order valence-electron chi connectivity index (χ4n) is 2.12. The van der Waals surface area contributed by atoms with Crippen LogP contribution in [-0.4, -0.2) is 11.4 Å². The molecule has 0 N–H and O–H groups in total. The van der Waals surface area contributed by atoms with Crippen LogP contribution >= 0.6 is 0 Å². The Labute approximate surface area is 116 Å². The quantitative estimate of drug-likeness (QED) is 0.693. The van der Waals surface area contributed by atoms with Crippen molar-refractivity contribution in [3.05, 3.63) is 83.9 Å². The van der Waals surface area contributed by atoms with Crippen molar-refractivity contribution in [2.24, 2.45) is 0 Å². The van der Waals surface area contributed by atoms with Crippen LogP contribution in [0.25, 0.3) is 0 Å². The predicted molar refractivity (Wildman–Crippen MR) is 81.8 cm³/mol. The molecule has 0 bridgehead atoms. The van der Waals surface area contributed by atoms with Gasteiger partial charge in [0.1, 0.15) is 0 Å². The molecule has 0 saturated carbocycles. The lowest BCUT2D eigenvalue weighted by Crippen LogP contribution is -2.22. The number of allylic oxidation sites excluding steroid dienone is 1. The molecule has 2 aromatic rings. The van der Waals surface area contributed by atoms with E-state index in [-0.39, 0.29) is 0 Å². The van der Waals surface area contributed by atoms with Crippen molar-refractivity contribution in [1.82, 2.24) is 4.90 Å². The lowest BCUT2D eigenvalue weighted by molar-refractivity contribution is 0.286. The summed E-state index contributed by atoms with van der Waals surface area (Å²) in [6.45, 7) is 5.03. The first-order chi connectivity index (χ1) is 9.38. The molecule has 2 rings (SSSR count). The summed E-state index contributed by atoms with van der Waals surface area (Å²) in [4.78, 5) is 2.45. The molecule has 0 spiro atoms. The smallest absolute Gasteiger partial charge is 0.0240 e. The number of hydrogen-bond acceptors (Lipinski definition) is 1. The topological polar surface area (TPSA) is 3.24 Å². The minimum atomic E-state index is 0.986. The minimum absolute atomic E-state index is 0.986. The van der Waals surface area contributed by atoms with E-state index in [1.54, 1.807) is 0 Å². The molecule has 0 atom stereocenters. The van der Waals surface area contributed by atoms with Gasteiger partial charge in [-0.05, 0) is 18.1 Å². The van der Waals surface area contributed by atoms with Crippen molar-refractivity contribution >= 4 is 0 Å². The van der Waals surface area contributed by atoms with Crippen LogP contribution in [0.1, 0.15) is 18.1 Å². The molecule has 0 saturated heterocycles. The molecule has 0 radical (unpaired) electrons. The van der Waals surface area contributed by atoms with E-state index >= 15 is 0 Å². The van der Waals surface area contributed by atoms with Gasteiger partial charge in [-0.15, -0.1) is 0 Å². The van der Waals surface area contributed by atoms with Crippen molar-refractivity contribution in [1.29, 1.82) is 0 Å². The van der Waals surface area contributed by atoms with Crippen molar-refractivity contribution in [3.63, 3.8) is 0 Å². The Hall–Kier alpha value is -1.86. The fraction of sp³-hybridized carbons (Fsp3) is 0.222. The lowest BCUT2D eigenvalue weighted by Gasteiger charge is -2.21. The van der Waals surface area contributed by atoms with Gasteiger partial charge in [0.05, 0.1) is 0 Å². The molecule has 0 amide bonds. The van der Waals surface area contributed by atoms with Gasteiger partial charge in [-0.3, -0.25) is 4.90 Å². The highest BCUT2D eigenvalue weighted by atomic mass is 15.1. The highest BCUT2D eigenvalue weighted by Crippen LogP contribution is 2.09. The highest BCUT2D eigenvalue weighted by molar-refractivity contribution is 5.17. The van der Waals surface area contributed by atoms with E-state index in [0.29, 0.717) is 0 Å². The first-order valence-corrected chi connectivity index (χ1v) is 6.80. The molecule has 1 heteroatoms. The third kappa shape index (κ3) is 4.72. The zero-order chi connectivity index (χ0) is 13.3. The maximum Gasteiger partial charge on any atom is 0.0240 e. The summed E-state index contributed by atoms with van der Waals surface area (Å²) in [5.41, 5.74) is 2.73. The van der Waals surface area contributed by atoms with Gasteiger partial charge in [-0.1, -0.05) is 72.8 Å². The van der Waals surface area contributed by atoms with E-state index in [0.717, 1.165) is 19.6 Å². The van der Waals surface area contributed by atoms with Crippen LogP contribution in [0.15, 0.2) is 72.8 Å². The first kappa shape index (κ1) is 13.6. The summed E-state index contributed by atoms with van der Waals surface area (Å²) in [5.74, 6) is 0. The summed E-state index contributed by atoms with van der Waals surface area (Å²) in [6, 6.07) is 21.3. The van der Waals surface area contributed by atoms with Gasteiger partial charge in [0.25, 0.3) is 0 Å². The Kier molecular flexibility index (Phi) is 5.39. The summed E-state index contributed by atoms with van der Waals surface area (Å²) in [6.07, 6.45) is 4.33. The third-order valence-electron chi connectivity index (χ3n) is 3.10. The second kappa shape index (κ2) is 7.55. The summed E-state index contributed by atoms with van der Waals surface area (Å²) < 4.78 is 0. The van der Waals surface area contributed by atoms with Gasteiger partial charge in [-0.2, -0.15) is 0 Å². The number of benzene rings is 2. The molecule has 2 aromatic carbocycles. The van der Waals surface area contributed by atoms with Gasteiger partial charge in [0, 0.05) is 19.6 Å². The van der Waals surface area contributed by atoms with E-state index < -0.39 is 0 Å². The van der Waals surface area contributed by atoms with Crippen LogP contribution in [0, 0.1) is 0 Å². The first-order valence-electron chi connectivity index (χ1n) is 6.80. The zero-order valence-electron chi connectivity index (χ0n) is 11.5. The third-order valence-corrected chi connectivity index (χ3v) is 3.10. The van der Waals surface area contributed by atoms with E-state index in [9.17, 15) is 0 Å². The van der Waals surface area contributed by atoms with Gasteiger partial charge in [0.2, 0.25) is 0 Å². The molecular weight excluding hydrogens is 230 g/mol. The molecule has 0 heterocycles. The fourth-order valence-corrected chi connectivity index (χ4v) is 2.12. The van der Waals surface area contributed by atoms with Gasteiger partial charge in [-0.25, -0.2) is 0 Å².